The second-order valence-corrected chi connectivity index (χ2v) is 7.39. The second-order valence-electron chi connectivity index (χ2n) is 7.39. The molecule has 2 rings (SSSR count). The van der Waals surface area contributed by atoms with E-state index in [1.165, 1.54) is 31.5 Å². The van der Waals surface area contributed by atoms with Crippen LogP contribution < -0.4 is 5.73 Å². The number of benzene rings is 1. The van der Waals surface area contributed by atoms with Crippen molar-refractivity contribution in [2.24, 2.45) is 17.1 Å². The fourth-order valence-corrected chi connectivity index (χ4v) is 3.54. The van der Waals surface area contributed by atoms with Crippen molar-refractivity contribution in [3.8, 4) is 0 Å². The summed E-state index contributed by atoms with van der Waals surface area (Å²) in [5, 5.41) is 0. The highest BCUT2D eigenvalue weighted by molar-refractivity contribution is 5.20. The molecule has 2 heteroatoms. The van der Waals surface area contributed by atoms with Crippen LogP contribution in [0.1, 0.15) is 52.1 Å². The summed E-state index contributed by atoms with van der Waals surface area (Å²) in [5.41, 5.74) is 8.07. The van der Waals surface area contributed by atoms with Gasteiger partial charge in [-0.3, -0.25) is 4.90 Å². The van der Waals surface area contributed by atoms with Crippen molar-refractivity contribution in [2.45, 2.75) is 52.6 Å². The molecule has 0 aromatic heterocycles. The molecule has 1 aromatic carbocycles. The molecule has 2 atom stereocenters. The fraction of sp³-hybridized carbons (Fsp3) is 0.667. The minimum Gasteiger partial charge on any atom is -0.326 e. The summed E-state index contributed by atoms with van der Waals surface area (Å²) in [4.78, 5) is 2.59. The Balaban J connectivity index is 2.07. The third-order valence-electron chi connectivity index (χ3n) is 4.79. The van der Waals surface area contributed by atoms with Gasteiger partial charge < -0.3 is 5.73 Å². The summed E-state index contributed by atoms with van der Waals surface area (Å²) in [5.74, 6) is 0.836. The quantitative estimate of drug-likeness (QED) is 0.907. The molecule has 0 aliphatic carbocycles. The van der Waals surface area contributed by atoms with Crippen molar-refractivity contribution < 1.29 is 0 Å². The standard InChI is InChI=1S/C18H30N2/c1-14(19)17(15-8-6-5-7-9-15)20-12-10-16(11-13-20)18(2,3)4/h5-9,14,16-17H,10-13,19H2,1-4H3. The molecule has 20 heavy (non-hydrogen) atoms. The number of rotatable bonds is 3. The molecule has 0 saturated carbocycles. The van der Waals surface area contributed by atoms with E-state index in [-0.39, 0.29) is 6.04 Å². The average molecular weight is 274 g/mol. The molecule has 1 aliphatic rings. The zero-order chi connectivity index (χ0) is 14.8. The molecule has 0 spiro atoms. The highest BCUT2D eigenvalue weighted by Crippen LogP contribution is 2.37. The molecule has 2 nitrogen and oxygen atoms in total. The van der Waals surface area contributed by atoms with Crippen LogP contribution in [0.3, 0.4) is 0 Å². The predicted octanol–water partition coefficient (Wildman–Crippen LogP) is 3.83. The van der Waals surface area contributed by atoms with E-state index < -0.39 is 0 Å². The number of piperidine rings is 1. The smallest absolute Gasteiger partial charge is 0.0496 e. The number of nitrogens with zero attached hydrogens (tertiary/aromatic N) is 1. The van der Waals surface area contributed by atoms with E-state index in [2.05, 4.69) is 62.9 Å². The molecule has 2 unspecified atom stereocenters. The molecular formula is C18H30N2. The van der Waals surface area contributed by atoms with Gasteiger partial charge in [-0.05, 0) is 49.8 Å². The second kappa shape index (κ2) is 6.28. The van der Waals surface area contributed by atoms with Gasteiger partial charge in [0.15, 0.2) is 0 Å². The van der Waals surface area contributed by atoms with Crippen LogP contribution >= 0.6 is 0 Å². The normalized spacial score (nSPS) is 21.6. The molecule has 1 fully saturated rings. The first-order chi connectivity index (χ1) is 9.39. The molecule has 1 saturated heterocycles. The molecule has 2 N–H and O–H groups in total. The number of likely N-dealkylation sites (tertiary alicyclic amines) is 1. The van der Waals surface area contributed by atoms with E-state index in [0.29, 0.717) is 11.5 Å². The Morgan fingerprint density at radius 3 is 2.10 bits per heavy atom. The van der Waals surface area contributed by atoms with Crippen molar-refractivity contribution in [2.75, 3.05) is 13.1 Å². The Hall–Kier alpha value is -0.860. The summed E-state index contributed by atoms with van der Waals surface area (Å²) >= 11 is 0. The lowest BCUT2D eigenvalue weighted by Crippen LogP contribution is -2.45. The van der Waals surface area contributed by atoms with Crippen LogP contribution in [0.15, 0.2) is 30.3 Å². The van der Waals surface area contributed by atoms with E-state index in [1.807, 2.05) is 0 Å². The van der Waals surface area contributed by atoms with E-state index in [0.717, 1.165) is 5.92 Å². The maximum absolute atomic E-state index is 6.28. The van der Waals surface area contributed by atoms with Crippen LogP contribution in [0.2, 0.25) is 0 Å². The van der Waals surface area contributed by atoms with Gasteiger partial charge in [0.1, 0.15) is 0 Å². The average Bonchev–Trinajstić information content (AvgIpc) is 2.39. The molecule has 0 bridgehead atoms. The lowest BCUT2D eigenvalue weighted by molar-refractivity contribution is 0.0749. The highest BCUT2D eigenvalue weighted by atomic mass is 15.2. The fourth-order valence-electron chi connectivity index (χ4n) is 3.54. The molecule has 1 heterocycles. The molecule has 1 aliphatic heterocycles. The van der Waals surface area contributed by atoms with Crippen LogP contribution in [-0.2, 0) is 0 Å². The Bertz CT molecular complexity index is 397. The first kappa shape index (κ1) is 15.5. The zero-order valence-corrected chi connectivity index (χ0v) is 13.5. The highest BCUT2D eigenvalue weighted by Gasteiger charge is 2.32. The lowest BCUT2D eigenvalue weighted by Gasteiger charge is -2.43. The molecule has 1 aromatic rings. The van der Waals surface area contributed by atoms with Gasteiger partial charge in [0.05, 0.1) is 0 Å². The van der Waals surface area contributed by atoms with Crippen LogP contribution in [0, 0.1) is 11.3 Å². The summed E-state index contributed by atoms with van der Waals surface area (Å²) in [7, 11) is 0. The Labute approximate surface area is 124 Å². The monoisotopic (exact) mass is 274 g/mol. The summed E-state index contributed by atoms with van der Waals surface area (Å²) < 4.78 is 0. The van der Waals surface area contributed by atoms with Crippen molar-refractivity contribution in [3.05, 3.63) is 35.9 Å². The van der Waals surface area contributed by atoms with Gasteiger partial charge >= 0.3 is 0 Å². The van der Waals surface area contributed by atoms with E-state index in [4.69, 9.17) is 5.73 Å². The maximum Gasteiger partial charge on any atom is 0.0496 e. The van der Waals surface area contributed by atoms with E-state index in [1.54, 1.807) is 0 Å². The number of hydrogen-bond donors (Lipinski definition) is 1. The lowest BCUT2D eigenvalue weighted by atomic mass is 9.75. The van der Waals surface area contributed by atoms with E-state index >= 15 is 0 Å². The van der Waals surface area contributed by atoms with E-state index in [9.17, 15) is 0 Å². The third kappa shape index (κ3) is 3.62. The number of nitrogens with two attached hydrogens (primary N) is 1. The zero-order valence-electron chi connectivity index (χ0n) is 13.5. The van der Waals surface area contributed by atoms with Crippen LogP contribution in [0.25, 0.3) is 0 Å². The Morgan fingerprint density at radius 1 is 1.10 bits per heavy atom. The van der Waals surface area contributed by atoms with Crippen molar-refractivity contribution in [1.29, 1.82) is 0 Å². The minimum absolute atomic E-state index is 0.170. The van der Waals surface area contributed by atoms with Crippen LogP contribution in [-0.4, -0.2) is 24.0 Å². The Kier molecular flexibility index (Phi) is 4.87. The first-order valence-corrected chi connectivity index (χ1v) is 7.94. The van der Waals surface area contributed by atoms with Gasteiger partial charge in [0.2, 0.25) is 0 Å². The minimum atomic E-state index is 0.170. The van der Waals surface area contributed by atoms with Gasteiger partial charge in [-0.1, -0.05) is 51.1 Å². The summed E-state index contributed by atoms with van der Waals surface area (Å²) in [6.45, 7) is 11.6. The van der Waals surface area contributed by atoms with Gasteiger partial charge in [-0.25, -0.2) is 0 Å². The van der Waals surface area contributed by atoms with Gasteiger partial charge in [0.25, 0.3) is 0 Å². The molecule has 112 valence electrons. The van der Waals surface area contributed by atoms with Gasteiger partial charge in [0, 0.05) is 12.1 Å². The SMILES string of the molecule is CC(N)C(c1ccccc1)N1CCC(C(C)(C)C)CC1. The van der Waals surface area contributed by atoms with Gasteiger partial charge in [-0.15, -0.1) is 0 Å². The summed E-state index contributed by atoms with van der Waals surface area (Å²) in [6.07, 6.45) is 2.58. The largest absolute Gasteiger partial charge is 0.326 e. The molecular weight excluding hydrogens is 244 g/mol. The third-order valence-corrected chi connectivity index (χ3v) is 4.79. The van der Waals surface area contributed by atoms with Crippen molar-refractivity contribution in [1.82, 2.24) is 4.90 Å². The molecule has 0 amide bonds. The van der Waals surface area contributed by atoms with Gasteiger partial charge in [-0.2, -0.15) is 0 Å². The molecule has 0 radical (unpaired) electrons. The number of hydrogen-bond acceptors (Lipinski definition) is 2. The maximum atomic E-state index is 6.28. The van der Waals surface area contributed by atoms with Crippen molar-refractivity contribution >= 4 is 0 Å². The first-order valence-electron chi connectivity index (χ1n) is 7.94. The van der Waals surface area contributed by atoms with Crippen molar-refractivity contribution in [3.63, 3.8) is 0 Å². The summed E-state index contributed by atoms with van der Waals surface area (Å²) in [6, 6.07) is 11.3. The van der Waals surface area contributed by atoms with Crippen LogP contribution in [0.5, 0.6) is 0 Å². The topological polar surface area (TPSA) is 29.3 Å². The van der Waals surface area contributed by atoms with Crippen LogP contribution in [0.4, 0.5) is 0 Å². The Morgan fingerprint density at radius 2 is 1.65 bits per heavy atom. The predicted molar refractivity (Wildman–Crippen MR) is 86.6 cm³/mol.